The zero-order chi connectivity index (χ0) is 17.4. The van der Waals surface area contributed by atoms with Gasteiger partial charge in [0.25, 0.3) is 0 Å². The van der Waals surface area contributed by atoms with E-state index in [1.807, 2.05) is 42.5 Å². The number of carbonyl (C=O) groups is 2. The van der Waals surface area contributed by atoms with Crippen molar-refractivity contribution in [2.45, 2.75) is 0 Å². The molecule has 0 atom stereocenters. The lowest BCUT2D eigenvalue weighted by Crippen LogP contribution is -2.22. The van der Waals surface area contributed by atoms with Crippen molar-refractivity contribution in [3.8, 4) is 0 Å². The topological polar surface area (TPSA) is 60.2 Å². The van der Waals surface area contributed by atoms with Crippen LogP contribution in [0.5, 0.6) is 0 Å². The second-order valence-electron chi connectivity index (χ2n) is 5.94. The van der Waals surface area contributed by atoms with Crippen LogP contribution in [-0.2, 0) is 0 Å². The molecule has 3 nitrogen and oxygen atoms in total. The number of carbonyl (C=O) groups excluding carboxylic acids is 2. The number of nitrogens with two attached hydrogens (primary N) is 1. The Hall–Kier alpha value is -3.46. The highest BCUT2D eigenvalue weighted by molar-refractivity contribution is 6.30. The van der Waals surface area contributed by atoms with Crippen LogP contribution >= 0.6 is 0 Å². The summed E-state index contributed by atoms with van der Waals surface area (Å²) in [7, 11) is 0. The minimum atomic E-state index is -0.197. The first-order valence-corrected chi connectivity index (χ1v) is 8.01. The molecule has 0 aromatic heterocycles. The van der Waals surface area contributed by atoms with E-state index in [0.717, 1.165) is 11.1 Å². The second kappa shape index (κ2) is 5.87. The van der Waals surface area contributed by atoms with Gasteiger partial charge in [-0.2, -0.15) is 0 Å². The maximum absolute atomic E-state index is 12.8. The maximum Gasteiger partial charge on any atom is 0.196 e. The molecule has 0 heterocycles. The molecule has 2 N–H and O–H groups in total. The molecule has 0 fully saturated rings. The predicted octanol–water partition coefficient (Wildman–Crippen LogP) is 4.21. The minimum absolute atomic E-state index is 0.157. The summed E-state index contributed by atoms with van der Waals surface area (Å²) < 4.78 is 0. The van der Waals surface area contributed by atoms with Crippen LogP contribution in [0.25, 0.3) is 12.2 Å². The third kappa shape index (κ3) is 2.46. The van der Waals surface area contributed by atoms with Crippen LogP contribution in [0, 0.1) is 0 Å². The Morgan fingerprint density at radius 2 is 1.28 bits per heavy atom. The van der Waals surface area contributed by atoms with Crippen molar-refractivity contribution in [3.63, 3.8) is 0 Å². The molecule has 0 saturated heterocycles. The molecule has 0 unspecified atom stereocenters. The number of ketones is 2. The van der Waals surface area contributed by atoms with Gasteiger partial charge in [0.15, 0.2) is 11.6 Å². The zero-order valence-electron chi connectivity index (χ0n) is 13.4. The molecule has 3 heteroatoms. The highest BCUT2D eigenvalue weighted by atomic mass is 16.1. The minimum Gasteiger partial charge on any atom is -0.398 e. The van der Waals surface area contributed by atoms with Crippen LogP contribution in [0.3, 0.4) is 0 Å². The highest BCUT2D eigenvalue weighted by Gasteiger charge is 2.31. The quantitative estimate of drug-likeness (QED) is 0.443. The van der Waals surface area contributed by atoms with Crippen molar-refractivity contribution in [2.75, 3.05) is 5.73 Å². The fourth-order valence-corrected chi connectivity index (χ4v) is 3.12. The molecular weight excluding hydrogens is 310 g/mol. The Morgan fingerprint density at radius 3 is 2.00 bits per heavy atom. The lowest BCUT2D eigenvalue weighted by Gasteiger charge is -2.19. The molecule has 0 bridgehead atoms. The molecule has 25 heavy (non-hydrogen) atoms. The van der Waals surface area contributed by atoms with Gasteiger partial charge in [-0.05, 0) is 17.2 Å². The first-order chi connectivity index (χ1) is 12.2. The van der Waals surface area contributed by atoms with Crippen molar-refractivity contribution >= 4 is 29.4 Å². The number of nitrogen functional groups attached to an aromatic ring is 1. The first kappa shape index (κ1) is 15.1. The van der Waals surface area contributed by atoms with E-state index in [9.17, 15) is 9.59 Å². The van der Waals surface area contributed by atoms with Gasteiger partial charge in [0.05, 0.1) is 11.3 Å². The average molecular weight is 325 g/mol. The summed E-state index contributed by atoms with van der Waals surface area (Å²) in [5.41, 5.74) is 9.89. The number of benzene rings is 3. The van der Waals surface area contributed by atoms with E-state index >= 15 is 0 Å². The van der Waals surface area contributed by atoms with Crippen LogP contribution in [0.1, 0.15) is 43.0 Å². The van der Waals surface area contributed by atoms with E-state index in [1.165, 1.54) is 0 Å². The Morgan fingerprint density at radius 1 is 0.640 bits per heavy atom. The molecule has 1 aliphatic rings. The van der Waals surface area contributed by atoms with Crippen molar-refractivity contribution in [3.05, 3.63) is 100 Å². The second-order valence-corrected chi connectivity index (χ2v) is 5.94. The van der Waals surface area contributed by atoms with Gasteiger partial charge in [0.2, 0.25) is 0 Å². The summed E-state index contributed by atoms with van der Waals surface area (Å²) in [6.07, 6.45) is 3.80. The van der Waals surface area contributed by atoms with Gasteiger partial charge in [-0.15, -0.1) is 0 Å². The Labute approximate surface area is 145 Å². The number of hydrogen-bond acceptors (Lipinski definition) is 3. The molecule has 0 radical (unpaired) electrons. The lowest BCUT2D eigenvalue weighted by molar-refractivity contribution is 0.0979. The van der Waals surface area contributed by atoms with Crippen molar-refractivity contribution < 1.29 is 9.59 Å². The van der Waals surface area contributed by atoms with Gasteiger partial charge in [-0.3, -0.25) is 9.59 Å². The lowest BCUT2D eigenvalue weighted by atomic mass is 9.82. The molecular formula is C22H15NO2. The van der Waals surface area contributed by atoms with E-state index in [4.69, 9.17) is 5.73 Å². The molecule has 1 aliphatic carbocycles. The maximum atomic E-state index is 12.8. The molecule has 3 aromatic rings. The zero-order valence-corrected chi connectivity index (χ0v) is 13.4. The molecule has 4 rings (SSSR count). The molecule has 0 saturated carbocycles. The van der Waals surface area contributed by atoms with E-state index < -0.39 is 0 Å². The summed E-state index contributed by atoms with van der Waals surface area (Å²) >= 11 is 0. The van der Waals surface area contributed by atoms with E-state index in [2.05, 4.69) is 0 Å². The predicted molar refractivity (Wildman–Crippen MR) is 99.5 cm³/mol. The third-order valence-corrected chi connectivity index (χ3v) is 4.42. The van der Waals surface area contributed by atoms with Crippen molar-refractivity contribution in [1.82, 2.24) is 0 Å². The normalized spacial score (nSPS) is 13.0. The standard InChI is InChI=1S/C22H15NO2/c23-20-15(11-10-14-6-2-1-3-7-14)12-13-18-19(20)22(25)17-9-5-4-8-16(17)21(18)24/h1-13H,23H2. The smallest absolute Gasteiger partial charge is 0.196 e. The number of rotatable bonds is 2. The van der Waals surface area contributed by atoms with Gasteiger partial charge in [-0.25, -0.2) is 0 Å². The molecule has 0 spiro atoms. The van der Waals surface area contributed by atoms with E-state index in [0.29, 0.717) is 27.9 Å². The van der Waals surface area contributed by atoms with Crippen LogP contribution in [-0.4, -0.2) is 11.6 Å². The molecule has 0 amide bonds. The van der Waals surface area contributed by atoms with Gasteiger partial charge in [-0.1, -0.05) is 72.8 Å². The average Bonchev–Trinajstić information content (AvgIpc) is 2.66. The van der Waals surface area contributed by atoms with Crippen molar-refractivity contribution in [2.24, 2.45) is 0 Å². The number of fused-ring (bicyclic) bond motifs is 2. The molecule has 0 aliphatic heterocycles. The van der Waals surface area contributed by atoms with Crippen LogP contribution in [0.4, 0.5) is 5.69 Å². The highest BCUT2D eigenvalue weighted by Crippen LogP contribution is 2.33. The Balaban J connectivity index is 1.81. The Kier molecular flexibility index (Phi) is 3.55. The monoisotopic (exact) mass is 325 g/mol. The summed E-state index contributed by atoms with van der Waals surface area (Å²) in [4.78, 5) is 25.5. The third-order valence-electron chi connectivity index (χ3n) is 4.42. The molecule has 3 aromatic carbocycles. The summed E-state index contributed by atoms with van der Waals surface area (Å²) in [5, 5.41) is 0. The summed E-state index contributed by atoms with van der Waals surface area (Å²) in [6, 6.07) is 20.2. The molecule has 120 valence electrons. The van der Waals surface area contributed by atoms with Gasteiger partial charge in [0.1, 0.15) is 0 Å². The fourth-order valence-electron chi connectivity index (χ4n) is 3.12. The number of hydrogen-bond donors (Lipinski definition) is 1. The van der Waals surface area contributed by atoms with Crippen LogP contribution in [0.2, 0.25) is 0 Å². The SMILES string of the molecule is Nc1c(C=Cc2ccccc2)ccc2c1C(=O)c1ccccc1C2=O. The van der Waals surface area contributed by atoms with E-state index in [1.54, 1.807) is 36.4 Å². The number of anilines is 1. The fraction of sp³-hybridized carbons (Fsp3) is 0. The first-order valence-electron chi connectivity index (χ1n) is 8.01. The van der Waals surface area contributed by atoms with Gasteiger partial charge < -0.3 is 5.73 Å². The summed E-state index contributed by atoms with van der Waals surface area (Å²) in [6.45, 7) is 0. The van der Waals surface area contributed by atoms with Crippen molar-refractivity contribution in [1.29, 1.82) is 0 Å². The van der Waals surface area contributed by atoms with Gasteiger partial charge >= 0.3 is 0 Å². The van der Waals surface area contributed by atoms with Crippen LogP contribution < -0.4 is 5.73 Å². The van der Waals surface area contributed by atoms with Crippen LogP contribution in [0.15, 0.2) is 66.7 Å². The van der Waals surface area contributed by atoms with Gasteiger partial charge in [0, 0.05) is 16.7 Å². The largest absolute Gasteiger partial charge is 0.398 e. The van der Waals surface area contributed by atoms with E-state index in [-0.39, 0.29) is 11.6 Å². The summed E-state index contributed by atoms with van der Waals surface area (Å²) in [5.74, 6) is -0.354. The Bertz CT molecular complexity index is 1030.